The molecular formula is C31H31N7O2. The number of benzene rings is 2. The van der Waals surface area contributed by atoms with E-state index in [1.165, 1.54) is 0 Å². The maximum Gasteiger partial charge on any atom is 0.410 e. The summed E-state index contributed by atoms with van der Waals surface area (Å²) in [6, 6.07) is 16.0. The molecule has 9 heteroatoms. The van der Waals surface area contributed by atoms with Crippen LogP contribution >= 0.6 is 0 Å². The lowest BCUT2D eigenvalue weighted by atomic mass is 9.95. The molecule has 5 aromatic rings. The predicted molar refractivity (Wildman–Crippen MR) is 153 cm³/mol. The SMILES string of the molecule is Cn1cc2cc(-c3ncc4nn(C[C@@H]5CCN(C(=O)OC(C)(C)C)C5)cc4c3-c3ccc(C#N)cc3)ccc2n1. The second kappa shape index (κ2) is 9.79. The molecule has 0 N–H and O–H groups in total. The number of hydrogen-bond donors (Lipinski definition) is 0. The summed E-state index contributed by atoms with van der Waals surface area (Å²) in [5.41, 5.74) is 5.59. The number of aryl methyl sites for hydroxylation is 1. The fourth-order valence-corrected chi connectivity index (χ4v) is 5.39. The third kappa shape index (κ3) is 5.00. The molecule has 202 valence electrons. The Kier molecular flexibility index (Phi) is 6.26. The Morgan fingerprint density at radius 1 is 1.07 bits per heavy atom. The Morgan fingerprint density at radius 2 is 1.85 bits per heavy atom. The van der Waals surface area contributed by atoms with Crippen LogP contribution in [0.1, 0.15) is 32.8 Å². The fourth-order valence-electron chi connectivity index (χ4n) is 5.39. The van der Waals surface area contributed by atoms with Crippen molar-refractivity contribution < 1.29 is 9.53 Å². The molecule has 0 bridgehead atoms. The van der Waals surface area contributed by atoms with Gasteiger partial charge in [-0.15, -0.1) is 0 Å². The van der Waals surface area contributed by atoms with Crippen molar-refractivity contribution in [3.8, 4) is 28.5 Å². The van der Waals surface area contributed by atoms with E-state index < -0.39 is 5.60 Å². The molecule has 1 aliphatic rings. The standard InChI is InChI=1S/C31H31N7O2/c1-31(2,3)40-30(39)37-12-11-21(16-37)17-38-19-25-27(35-38)15-33-29(28(25)22-7-5-20(14-32)6-8-22)23-9-10-26-24(13-23)18-36(4)34-26/h5-10,13,15,18-19,21H,11-12,16-17H2,1-4H3/t21-/m1/s1. The van der Waals surface area contributed by atoms with Crippen molar-refractivity contribution in [1.82, 2.24) is 29.4 Å². The molecule has 0 radical (unpaired) electrons. The highest BCUT2D eigenvalue weighted by atomic mass is 16.6. The zero-order valence-corrected chi connectivity index (χ0v) is 23.1. The van der Waals surface area contributed by atoms with Gasteiger partial charge in [-0.05, 0) is 62.9 Å². The zero-order chi connectivity index (χ0) is 28.0. The van der Waals surface area contributed by atoms with Crippen molar-refractivity contribution in [3.63, 3.8) is 0 Å². The first-order valence-corrected chi connectivity index (χ1v) is 13.5. The zero-order valence-electron chi connectivity index (χ0n) is 23.1. The molecule has 1 fully saturated rings. The van der Waals surface area contributed by atoms with Crippen molar-refractivity contribution in [3.05, 3.63) is 66.6 Å². The molecular weight excluding hydrogens is 502 g/mol. The molecule has 0 spiro atoms. The molecule has 3 aromatic heterocycles. The van der Waals surface area contributed by atoms with Gasteiger partial charge in [0.15, 0.2) is 0 Å². The first kappa shape index (κ1) is 25.6. The van der Waals surface area contributed by atoms with Crippen LogP contribution in [0.2, 0.25) is 0 Å². The summed E-state index contributed by atoms with van der Waals surface area (Å²) in [5, 5.41) is 20.7. The third-order valence-electron chi connectivity index (χ3n) is 7.19. The molecule has 1 saturated heterocycles. The second-order valence-electron chi connectivity index (χ2n) is 11.5. The number of nitriles is 1. The Labute approximate surface area is 232 Å². The topological polar surface area (TPSA) is 102 Å². The van der Waals surface area contributed by atoms with E-state index in [1.807, 2.05) is 86.0 Å². The summed E-state index contributed by atoms with van der Waals surface area (Å²) >= 11 is 0. The van der Waals surface area contributed by atoms with E-state index in [0.717, 1.165) is 50.6 Å². The maximum absolute atomic E-state index is 12.6. The first-order valence-electron chi connectivity index (χ1n) is 13.5. The summed E-state index contributed by atoms with van der Waals surface area (Å²) < 4.78 is 9.34. The van der Waals surface area contributed by atoms with Gasteiger partial charge in [0.25, 0.3) is 0 Å². The normalized spacial score (nSPS) is 15.6. The highest BCUT2D eigenvalue weighted by molar-refractivity contribution is 6.01. The molecule has 40 heavy (non-hydrogen) atoms. The Hall–Kier alpha value is -4.71. The van der Waals surface area contributed by atoms with Gasteiger partial charge in [-0.1, -0.05) is 18.2 Å². The number of rotatable bonds is 4. The quantitative estimate of drug-likeness (QED) is 0.290. The van der Waals surface area contributed by atoms with E-state index in [4.69, 9.17) is 14.8 Å². The minimum absolute atomic E-state index is 0.261. The summed E-state index contributed by atoms with van der Waals surface area (Å²) in [6.45, 7) is 7.67. The summed E-state index contributed by atoms with van der Waals surface area (Å²) in [7, 11) is 1.91. The minimum Gasteiger partial charge on any atom is -0.444 e. The van der Waals surface area contributed by atoms with Crippen molar-refractivity contribution >= 4 is 27.9 Å². The van der Waals surface area contributed by atoms with Crippen molar-refractivity contribution in [2.45, 2.75) is 39.3 Å². The number of hydrogen-bond acceptors (Lipinski definition) is 6. The molecule has 0 aliphatic carbocycles. The molecule has 1 amide bonds. The van der Waals surface area contributed by atoms with E-state index in [9.17, 15) is 10.1 Å². The Morgan fingerprint density at radius 3 is 2.60 bits per heavy atom. The highest BCUT2D eigenvalue weighted by Crippen LogP contribution is 2.37. The molecule has 6 rings (SSSR count). The van der Waals surface area contributed by atoms with Crippen LogP contribution in [0.4, 0.5) is 4.79 Å². The van der Waals surface area contributed by atoms with E-state index in [0.29, 0.717) is 25.2 Å². The number of nitrogens with zero attached hydrogens (tertiary/aromatic N) is 7. The molecule has 0 unspecified atom stereocenters. The number of ether oxygens (including phenoxy) is 1. The molecule has 2 aromatic carbocycles. The number of fused-ring (bicyclic) bond motifs is 2. The average molecular weight is 534 g/mol. The third-order valence-corrected chi connectivity index (χ3v) is 7.19. The van der Waals surface area contributed by atoms with Gasteiger partial charge < -0.3 is 9.64 Å². The lowest BCUT2D eigenvalue weighted by Gasteiger charge is -2.24. The number of aromatic nitrogens is 5. The van der Waals surface area contributed by atoms with E-state index >= 15 is 0 Å². The van der Waals surface area contributed by atoms with Gasteiger partial charge in [-0.2, -0.15) is 15.5 Å². The van der Waals surface area contributed by atoms with Crippen LogP contribution < -0.4 is 0 Å². The summed E-state index contributed by atoms with van der Waals surface area (Å²) in [5.74, 6) is 0.278. The lowest BCUT2D eigenvalue weighted by molar-refractivity contribution is 0.0286. The van der Waals surface area contributed by atoms with Gasteiger partial charge in [-0.25, -0.2) is 4.79 Å². The van der Waals surface area contributed by atoms with Crippen LogP contribution in [-0.2, 0) is 18.3 Å². The molecule has 1 aliphatic heterocycles. The van der Waals surface area contributed by atoms with E-state index in [-0.39, 0.29) is 12.0 Å². The predicted octanol–water partition coefficient (Wildman–Crippen LogP) is 5.78. The monoisotopic (exact) mass is 533 g/mol. The van der Waals surface area contributed by atoms with Gasteiger partial charge in [0, 0.05) is 61.0 Å². The largest absolute Gasteiger partial charge is 0.444 e. The average Bonchev–Trinajstić information content (AvgIpc) is 3.64. The number of carbonyl (C=O) groups is 1. The molecule has 4 heterocycles. The van der Waals surface area contributed by atoms with Crippen LogP contribution in [0, 0.1) is 17.2 Å². The van der Waals surface area contributed by atoms with Crippen LogP contribution in [-0.4, -0.2) is 54.2 Å². The van der Waals surface area contributed by atoms with Gasteiger partial charge in [0.05, 0.1) is 29.0 Å². The van der Waals surface area contributed by atoms with Crippen molar-refractivity contribution in [2.75, 3.05) is 13.1 Å². The maximum atomic E-state index is 12.6. The highest BCUT2D eigenvalue weighted by Gasteiger charge is 2.30. The van der Waals surface area contributed by atoms with E-state index in [2.05, 4.69) is 23.4 Å². The van der Waals surface area contributed by atoms with Crippen LogP contribution in [0.5, 0.6) is 0 Å². The molecule has 1 atom stereocenters. The second-order valence-corrected chi connectivity index (χ2v) is 11.5. The number of pyridine rings is 1. The Bertz CT molecular complexity index is 1770. The van der Waals surface area contributed by atoms with Crippen LogP contribution in [0.15, 0.2) is 61.1 Å². The molecule has 0 saturated carbocycles. The van der Waals surface area contributed by atoms with Crippen LogP contribution in [0.3, 0.4) is 0 Å². The van der Waals surface area contributed by atoms with Crippen LogP contribution in [0.25, 0.3) is 44.2 Å². The fraction of sp³-hybridized carbons (Fsp3) is 0.323. The van der Waals surface area contributed by atoms with Crippen molar-refractivity contribution in [1.29, 1.82) is 5.26 Å². The van der Waals surface area contributed by atoms with Crippen molar-refractivity contribution in [2.24, 2.45) is 13.0 Å². The molecule has 9 nitrogen and oxygen atoms in total. The number of amides is 1. The smallest absolute Gasteiger partial charge is 0.410 e. The Balaban J connectivity index is 1.36. The minimum atomic E-state index is -0.511. The summed E-state index contributed by atoms with van der Waals surface area (Å²) in [4.78, 5) is 19.2. The number of likely N-dealkylation sites (tertiary alicyclic amines) is 1. The summed E-state index contributed by atoms with van der Waals surface area (Å²) in [6.07, 6.45) is 6.53. The van der Waals surface area contributed by atoms with Gasteiger partial charge in [0.1, 0.15) is 11.1 Å². The van der Waals surface area contributed by atoms with Gasteiger partial charge in [0.2, 0.25) is 0 Å². The number of carbonyl (C=O) groups excluding carboxylic acids is 1. The lowest BCUT2D eigenvalue weighted by Crippen LogP contribution is -2.35. The first-order chi connectivity index (χ1) is 19.2. The van der Waals surface area contributed by atoms with E-state index in [1.54, 1.807) is 4.90 Å². The van der Waals surface area contributed by atoms with Gasteiger partial charge in [-0.3, -0.25) is 14.3 Å². The van der Waals surface area contributed by atoms with Gasteiger partial charge >= 0.3 is 6.09 Å².